The first-order chi connectivity index (χ1) is 8.42. The molecule has 0 radical (unpaired) electrons. The molecule has 0 fully saturated rings. The van der Waals surface area contributed by atoms with Crippen LogP contribution in [0.4, 0.5) is 0 Å². The first kappa shape index (κ1) is 14.7. The minimum Gasteiger partial charge on any atom is -0.222 e. The third kappa shape index (κ3) is 3.30. The van der Waals surface area contributed by atoms with E-state index in [1.165, 1.54) is 12.8 Å². The van der Waals surface area contributed by atoms with Crippen molar-refractivity contribution in [2.45, 2.75) is 47.5 Å². The van der Waals surface area contributed by atoms with Gasteiger partial charge >= 0.3 is 0 Å². The van der Waals surface area contributed by atoms with E-state index >= 15 is 0 Å². The van der Waals surface area contributed by atoms with E-state index in [4.69, 9.17) is 10.2 Å². The lowest BCUT2D eigenvalue weighted by Crippen LogP contribution is -1.94. The monoisotopic (exact) mass is 245 g/mol. The van der Waals surface area contributed by atoms with E-state index in [-0.39, 0.29) is 0 Å². The van der Waals surface area contributed by atoms with E-state index in [2.05, 4.69) is 40.7 Å². The molecule has 98 valence electrons. The molecule has 0 atom stereocenters. The van der Waals surface area contributed by atoms with Crippen LogP contribution in [-0.4, -0.2) is 6.08 Å². The normalized spacial score (nSPS) is 11.1. The highest BCUT2D eigenvalue weighted by molar-refractivity contribution is 5.95. The quantitative estimate of drug-likeness (QED) is 0.634. The van der Waals surface area contributed by atoms with E-state index in [1.807, 2.05) is 0 Å². The van der Waals surface area contributed by atoms with Gasteiger partial charge in [0, 0.05) is 0 Å². The van der Waals surface area contributed by atoms with Crippen LogP contribution in [0.15, 0.2) is 6.07 Å². The first-order valence-electron chi connectivity index (χ1n) is 6.61. The first-order valence-corrected chi connectivity index (χ1v) is 6.61. The second-order valence-corrected chi connectivity index (χ2v) is 5.87. The summed E-state index contributed by atoms with van der Waals surface area (Å²) in [6.07, 6.45) is 3.25. The van der Waals surface area contributed by atoms with Crippen LogP contribution in [-0.2, 0) is 17.6 Å². The van der Waals surface area contributed by atoms with Gasteiger partial charge in [-0.25, -0.2) is 10.2 Å². The third-order valence-electron chi connectivity index (χ3n) is 3.18. The van der Waals surface area contributed by atoms with E-state index in [9.17, 15) is 0 Å². The molecule has 0 saturated carbocycles. The summed E-state index contributed by atoms with van der Waals surface area (Å²) < 4.78 is 0. The Hall–Kier alpha value is -1.40. The standard InChI is InChI=1S/C15H22.CHNO/c1-9(2)6-12-8-13(7-10(3)4)15-11(5)14(12)15;2-1-3/h8-10H,6-7H2,1-5H3;2H. The van der Waals surface area contributed by atoms with Gasteiger partial charge in [-0.3, -0.25) is 0 Å². The zero-order chi connectivity index (χ0) is 13.9. The molecule has 0 aromatic carbocycles. The Morgan fingerprint density at radius 1 is 1.06 bits per heavy atom. The fraction of sp³-hybridized carbons (Fsp3) is 0.562. The van der Waals surface area contributed by atoms with Gasteiger partial charge in [0.15, 0.2) is 0 Å². The maximum Gasteiger partial charge on any atom is 0.231 e. The number of hydrogen-bond acceptors (Lipinski definition) is 2. The van der Waals surface area contributed by atoms with Gasteiger partial charge in [0.25, 0.3) is 0 Å². The van der Waals surface area contributed by atoms with Gasteiger partial charge in [-0.1, -0.05) is 33.8 Å². The number of carbonyl (C=O) groups excluding carboxylic acids is 1. The van der Waals surface area contributed by atoms with E-state index in [0.29, 0.717) is 0 Å². The lowest BCUT2D eigenvalue weighted by molar-refractivity contribution is 0.563. The van der Waals surface area contributed by atoms with Gasteiger partial charge in [0.05, 0.1) is 0 Å². The van der Waals surface area contributed by atoms with Gasteiger partial charge in [-0.15, -0.1) is 0 Å². The third-order valence-corrected chi connectivity index (χ3v) is 3.18. The van der Waals surface area contributed by atoms with Crippen LogP contribution in [0.3, 0.4) is 0 Å². The summed E-state index contributed by atoms with van der Waals surface area (Å²) in [5.41, 5.74) is 8.00. The number of benzene rings is 1. The summed E-state index contributed by atoms with van der Waals surface area (Å²) in [5, 5.41) is 5.40. The molecule has 2 rings (SSSR count). The predicted octanol–water partition coefficient (Wildman–Crippen LogP) is 4.27. The van der Waals surface area contributed by atoms with Crippen LogP contribution in [0.1, 0.15) is 44.4 Å². The molecule has 0 amide bonds. The van der Waals surface area contributed by atoms with Gasteiger partial charge in [-0.2, -0.15) is 0 Å². The highest BCUT2D eigenvalue weighted by Gasteiger charge is 2.29. The van der Waals surface area contributed by atoms with Crippen molar-refractivity contribution in [1.29, 1.82) is 5.41 Å². The maximum absolute atomic E-state index is 8.35. The van der Waals surface area contributed by atoms with Gasteiger partial charge in [-0.05, 0) is 59.4 Å². The molecule has 0 aromatic rings. The number of fused-ring (bicyclic) bond motifs is 1. The Balaban J connectivity index is 0.000000492. The molecule has 0 bridgehead atoms. The van der Waals surface area contributed by atoms with Crippen molar-refractivity contribution in [3.63, 3.8) is 0 Å². The van der Waals surface area contributed by atoms with Crippen molar-refractivity contribution in [1.82, 2.24) is 0 Å². The van der Waals surface area contributed by atoms with Crippen LogP contribution in [0.5, 0.6) is 0 Å². The summed E-state index contributed by atoms with van der Waals surface area (Å²) in [6, 6.07) is 2.46. The van der Waals surface area contributed by atoms with E-state index in [0.717, 1.165) is 17.9 Å². The molecule has 2 nitrogen and oxygen atoms in total. The maximum atomic E-state index is 8.35. The Kier molecular flexibility index (Phi) is 4.86. The lowest BCUT2D eigenvalue weighted by atomic mass is 10.0. The molecular weight excluding hydrogens is 222 g/mol. The average Bonchev–Trinajstić information content (AvgIpc) is 2.74. The molecule has 0 aromatic heterocycles. The fourth-order valence-electron chi connectivity index (χ4n) is 2.64. The van der Waals surface area contributed by atoms with Crippen LogP contribution < -0.4 is 0 Å². The number of aryl methyl sites for hydroxylation is 1. The zero-order valence-corrected chi connectivity index (χ0v) is 12.1. The Bertz CT molecular complexity index is 432. The smallest absolute Gasteiger partial charge is 0.222 e. The minimum absolute atomic E-state index is 0.750. The number of hydrogen-bond donors (Lipinski definition) is 1. The summed E-state index contributed by atoms with van der Waals surface area (Å²) in [5.74, 6) is 1.55. The number of nitrogens with one attached hydrogen (secondary N) is 1. The number of rotatable bonds is 4. The van der Waals surface area contributed by atoms with Gasteiger partial charge < -0.3 is 0 Å². The van der Waals surface area contributed by atoms with Crippen molar-refractivity contribution in [3.8, 4) is 11.1 Å². The topological polar surface area (TPSA) is 40.9 Å². The molecule has 0 unspecified atom stereocenters. The van der Waals surface area contributed by atoms with Crippen molar-refractivity contribution in [2.24, 2.45) is 11.8 Å². The molecule has 0 spiro atoms. The van der Waals surface area contributed by atoms with Crippen LogP contribution in [0.2, 0.25) is 0 Å². The van der Waals surface area contributed by atoms with Gasteiger partial charge in [0.1, 0.15) is 0 Å². The number of isocyanates is 1. The van der Waals surface area contributed by atoms with Crippen molar-refractivity contribution < 1.29 is 4.79 Å². The second kappa shape index (κ2) is 5.97. The lowest BCUT2D eigenvalue weighted by Gasteiger charge is -2.03. The van der Waals surface area contributed by atoms with E-state index in [1.54, 1.807) is 27.8 Å². The van der Waals surface area contributed by atoms with Crippen molar-refractivity contribution >= 4 is 6.08 Å². The SMILES string of the molecule is Cc1c2c(CC(C)C)cc(CC(C)C)c1-2.N=C=O. The summed E-state index contributed by atoms with van der Waals surface area (Å²) in [7, 11) is 0. The average molecular weight is 245 g/mol. The zero-order valence-electron chi connectivity index (χ0n) is 12.1. The van der Waals surface area contributed by atoms with Crippen molar-refractivity contribution in [3.05, 3.63) is 22.8 Å². The van der Waals surface area contributed by atoms with Crippen molar-refractivity contribution in [2.75, 3.05) is 0 Å². The van der Waals surface area contributed by atoms with Crippen LogP contribution >= 0.6 is 0 Å². The molecule has 0 heterocycles. The molecule has 0 saturated heterocycles. The molecule has 18 heavy (non-hydrogen) atoms. The Morgan fingerprint density at radius 3 is 1.67 bits per heavy atom. The Labute approximate surface area is 110 Å². The minimum atomic E-state index is 0.750. The molecular formula is C16H23NO. The molecule has 2 aliphatic carbocycles. The van der Waals surface area contributed by atoms with Crippen LogP contribution in [0.25, 0.3) is 11.1 Å². The molecule has 2 aliphatic rings. The Morgan fingerprint density at radius 2 is 1.39 bits per heavy atom. The highest BCUT2D eigenvalue weighted by atomic mass is 16.1. The summed E-state index contributed by atoms with van der Waals surface area (Å²) in [6.45, 7) is 11.5. The molecule has 1 N–H and O–H groups in total. The highest BCUT2D eigenvalue weighted by Crippen LogP contribution is 2.49. The molecule has 0 aliphatic heterocycles. The molecule has 2 heteroatoms. The van der Waals surface area contributed by atoms with E-state index < -0.39 is 0 Å². The van der Waals surface area contributed by atoms with Crippen LogP contribution in [0, 0.1) is 24.2 Å². The fourth-order valence-corrected chi connectivity index (χ4v) is 2.64. The van der Waals surface area contributed by atoms with Gasteiger partial charge in [0.2, 0.25) is 6.08 Å². The summed E-state index contributed by atoms with van der Waals surface area (Å²) in [4.78, 5) is 8.35. The second-order valence-electron chi connectivity index (χ2n) is 5.87. The summed E-state index contributed by atoms with van der Waals surface area (Å²) >= 11 is 0. The predicted molar refractivity (Wildman–Crippen MR) is 75.7 cm³/mol. The largest absolute Gasteiger partial charge is 0.231 e.